The molecule has 3 heterocycles. The first-order valence-corrected chi connectivity index (χ1v) is 10.8. The molecule has 12 heteroatoms. The topological polar surface area (TPSA) is 133 Å². The van der Waals surface area contributed by atoms with E-state index in [-0.39, 0.29) is 35.6 Å². The monoisotopic (exact) mass is 432 g/mol. The van der Waals surface area contributed by atoms with Crippen LogP contribution in [0.4, 0.5) is 0 Å². The Hall–Kier alpha value is -3.12. The molecule has 11 nitrogen and oxygen atoms in total. The Morgan fingerprint density at radius 1 is 1.17 bits per heavy atom. The first-order chi connectivity index (χ1) is 14.4. The molecule has 1 aliphatic heterocycles. The van der Waals surface area contributed by atoms with Crippen molar-refractivity contribution in [2.45, 2.75) is 31.6 Å². The van der Waals surface area contributed by atoms with Crippen molar-refractivity contribution in [3.8, 4) is 11.4 Å². The summed E-state index contributed by atoms with van der Waals surface area (Å²) in [5.74, 6) is -0.0818. The van der Waals surface area contributed by atoms with Crippen LogP contribution in [-0.2, 0) is 14.8 Å². The van der Waals surface area contributed by atoms with Gasteiger partial charge in [-0.2, -0.15) is 4.31 Å². The number of tetrazole rings is 1. The molecule has 0 bridgehead atoms. The second-order valence-corrected chi connectivity index (χ2v) is 8.88. The van der Waals surface area contributed by atoms with Crippen molar-refractivity contribution < 1.29 is 22.5 Å². The van der Waals surface area contributed by atoms with Crippen LogP contribution in [0, 0.1) is 19.8 Å². The van der Waals surface area contributed by atoms with E-state index >= 15 is 0 Å². The van der Waals surface area contributed by atoms with Crippen LogP contribution in [0.3, 0.4) is 0 Å². The average molecular weight is 432 g/mol. The van der Waals surface area contributed by atoms with Crippen LogP contribution in [0.1, 0.15) is 24.3 Å². The lowest BCUT2D eigenvalue weighted by Gasteiger charge is -2.29. The quantitative estimate of drug-likeness (QED) is 0.431. The van der Waals surface area contributed by atoms with Gasteiger partial charge in [0.15, 0.2) is 5.76 Å². The van der Waals surface area contributed by atoms with E-state index in [1.165, 1.54) is 15.3 Å². The van der Waals surface area contributed by atoms with Crippen LogP contribution >= 0.6 is 0 Å². The zero-order chi connectivity index (χ0) is 21.3. The van der Waals surface area contributed by atoms with Crippen molar-refractivity contribution >= 4 is 16.0 Å². The maximum absolute atomic E-state index is 12.9. The lowest BCUT2D eigenvalue weighted by Crippen LogP contribution is -2.41. The summed E-state index contributed by atoms with van der Waals surface area (Å²) in [7, 11) is -3.71. The maximum atomic E-state index is 12.9. The number of ether oxygens (including phenoxy) is 1. The third-order valence-corrected chi connectivity index (χ3v) is 7.17. The zero-order valence-corrected chi connectivity index (χ0v) is 17.2. The fraction of sp³-hybridized carbons (Fsp3) is 0.389. The predicted molar refractivity (Wildman–Crippen MR) is 102 cm³/mol. The second kappa shape index (κ2) is 7.95. The lowest BCUT2D eigenvalue weighted by molar-refractivity contribution is -0.140. The van der Waals surface area contributed by atoms with Gasteiger partial charge in [0, 0.05) is 13.1 Å². The molecular weight excluding hydrogens is 412 g/mol. The van der Waals surface area contributed by atoms with Gasteiger partial charge in [0.1, 0.15) is 22.7 Å². The summed E-state index contributed by atoms with van der Waals surface area (Å²) in [6, 6.07) is 6.79. The number of sulfonamides is 1. The summed E-state index contributed by atoms with van der Waals surface area (Å²) in [5, 5.41) is 14.7. The summed E-state index contributed by atoms with van der Waals surface area (Å²) in [6.07, 6.45) is 2.22. The molecule has 1 aliphatic rings. The number of aryl methyl sites for hydroxylation is 2. The first kappa shape index (κ1) is 20.2. The number of aromatic nitrogens is 5. The van der Waals surface area contributed by atoms with Crippen LogP contribution in [0.15, 0.2) is 40.0 Å². The van der Waals surface area contributed by atoms with Crippen molar-refractivity contribution in [3.63, 3.8) is 0 Å². The van der Waals surface area contributed by atoms with Gasteiger partial charge in [0.05, 0.1) is 11.6 Å². The number of carbonyl (C=O) groups excluding carboxylic acids is 1. The summed E-state index contributed by atoms with van der Waals surface area (Å²) in [5.41, 5.74) is 1.07. The van der Waals surface area contributed by atoms with Gasteiger partial charge in [-0.15, -0.1) is 5.10 Å². The smallest absolute Gasteiger partial charge is 0.314 e. The van der Waals surface area contributed by atoms with Crippen molar-refractivity contribution in [1.29, 1.82) is 0 Å². The Morgan fingerprint density at radius 3 is 2.43 bits per heavy atom. The van der Waals surface area contributed by atoms with Gasteiger partial charge >= 0.3 is 5.97 Å². The van der Waals surface area contributed by atoms with E-state index in [9.17, 15) is 13.2 Å². The number of hydrogen-bond acceptors (Lipinski definition) is 9. The standard InChI is InChI=1S/C18H20N6O5S/c1-12-17(13(2)29-20-12)30(26,27)23-9-7-14(8-10-23)18(25)28-16-5-3-15(4-6-16)24-11-19-21-22-24/h3-6,11,14H,7-10H2,1-2H3. The van der Waals surface area contributed by atoms with Gasteiger partial charge in [0.25, 0.3) is 0 Å². The van der Waals surface area contributed by atoms with Gasteiger partial charge in [0.2, 0.25) is 10.0 Å². The van der Waals surface area contributed by atoms with Gasteiger partial charge in [-0.3, -0.25) is 4.79 Å². The van der Waals surface area contributed by atoms with E-state index in [1.807, 2.05) is 0 Å². The molecule has 1 fully saturated rings. The van der Waals surface area contributed by atoms with Crippen molar-refractivity contribution in [3.05, 3.63) is 42.0 Å². The van der Waals surface area contributed by atoms with Crippen molar-refractivity contribution in [2.24, 2.45) is 5.92 Å². The highest BCUT2D eigenvalue weighted by atomic mass is 32.2. The van der Waals surface area contributed by atoms with E-state index < -0.39 is 10.0 Å². The molecule has 0 amide bonds. The molecule has 3 aromatic rings. The number of nitrogens with zero attached hydrogens (tertiary/aromatic N) is 6. The molecule has 2 aromatic heterocycles. The molecule has 1 saturated heterocycles. The molecule has 158 valence electrons. The third-order valence-electron chi connectivity index (χ3n) is 5.02. The molecule has 0 radical (unpaired) electrons. The molecule has 4 rings (SSSR count). The molecule has 0 atom stereocenters. The highest BCUT2D eigenvalue weighted by Crippen LogP contribution is 2.28. The Kier molecular flexibility index (Phi) is 5.35. The molecule has 0 aliphatic carbocycles. The van der Waals surface area contributed by atoms with Crippen LogP contribution in [-0.4, -0.2) is 57.1 Å². The molecule has 0 N–H and O–H groups in total. The molecular formula is C18H20N6O5S. The van der Waals surface area contributed by atoms with E-state index in [1.54, 1.807) is 38.1 Å². The minimum Gasteiger partial charge on any atom is -0.426 e. The third kappa shape index (κ3) is 3.83. The highest BCUT2D eigenvalue weighted by Gasteiger charge is 2.36. The maximum Gasteiger partial charge on any atom is 0.314 e. The van der Waals surface area contributed by atoms with E-state index in [0.717, 1.165) is 5.69 Å². The second-order valence-electron chi connectivity index (χ2n) is 7.00. The fourth-order valence-electron chi connectivity index (χ4n) is 3.45. The molecule has 30 heavy (non-hydrogen) atoms. The van der Waals surface area contributed by atoms with Gasteiger partial charge < -0.3 is 9.26 Å². The van der Waals surface area contributed by atoms with Crippen LogP contribution in [0.2, 0.25) is 0 Å². The van der Waals surface area contributed by atoms with Gasteiger partial charge in [-0.1, -0.05) is 5.16 Å². The number of hydrogen-bond donors (Lipinski definition) is 0. The highest BCUT2D eigenvalue weighted by molar-refractivity contribution is 7.89. The number of rotatable bonds is 5. The minimum atomic E-state index is -3.71. The normalized spacial score (nSPS) is 15.9. The summed E-state index contributed by atoms with van der Waals surface area (Å²) < 4.78 is 39.1. The zero-order valence-electron chi connectivity index (χ0n) is 16.4. The molecule has 0 unspecified atom stereocenters. The summed E-state index contributed by atoms with van der Waals surface area (Å²) in [4.78, 5) is 12.6. The fourth-order valence-corrected chi connectivity index (χ4v) is 5.21. The first-order valence-electron chi connectivity index (χ1n) is 9.34. The Bertz CT molecular complexity index is 1110. The number of benzene rings is 1. The summed E-state index contributed by atoms with van der Waals surface area (Å²) in [6.45, 7) is 3.62. The minimum absolute atomic E-state index is 0.103. The predicted octanol–water partition coefficient (Wildman–Crippen LogP) is 1.27. The van der Waals surface area contributed by atoms with E-state index in [0.29, 0.717) is 24.3 Å². The van der Waals surface area contributed by atoms with Crippen molar-refractivity contribution in [2.75, 3.05) is 13.1 Å². The molecule has 0 saturated carbocycles. The lowest BCUT2D eigenvalue weighted by atomic mass is 9.98. The Morgan fingerprint density at radius 2 is 1.87 bits per heavy atom. The van der Waals surface area contributed by atoms with Crippen LogP contribution in [0.25, 0.3) is 5.69 Å². The largest absolute Gasteiger partial charge is 0.426 e. The van der Waals surface area contributed by atoms with E-state index in [2.05, 4.69) is 20.7 Å². The van der Waals surface area contributed by atoms with E-state index in [4.69, 9.17) is 9.26 Å². The SMILES string of the molecule is Cc1noc(C)c1S(=O)(=O)N1CCC(C(=O)Oc2ccc(-n3cnnn3)cc2)CC1. The number of carbonyl (C=O) groups is 1. The van der Waals surface area contributed by atoms with Crippen LogP contribution < -0.4 is 4.74 Å². The number of esters is 1. The average Bonchev–Trinajstić information content (AvgIpc) is 3.39. The molecule has 0 spiro atoms. The van der Waals surface area contributed by atoms with Gasteiger partial charge in [-0.05, 0) is 61.4 Å². The Labute approximate surface area is 172 Å². The van der Waals surface area contributed by atoms with Gasteiger partial charge in [-0.25, -0.2) is 13.1 Å². The summed E-state index contributed by atoms with van der Waals surface area (Å²) >= 11 is 0. The molecule has 1 aromatic carbocycles. The number of piperidine rings is 1. The van der Waals surface area contributed by atoms with Crippen molar-refractivity contribution in [1.82, 2.24) is 29.7 Å². The van der Waals surface area contributed by atoms with Crippen LogP contribution in [0.5, 0.6) is 5.75 Å². The Balaban J connectivity index is 1.36.